The molecule has 108 valence electrons. The third kappa shape index (κ3) is 3.19. The van der Waals surface area contributed by atoms with Gasteiger partial charge in [-0.05, 0) is 16.3 Å². The third-order valence-electron chi connectivity index (χ3n) is 3.08. The molecule has 1 aliphatic carbocycles. The number of esters is 1. The van der Waals surface area contributed by atoms with Crippen molar-refractivity contribution in [3.63, 3.8) is 0 Å². The summed E-state index contributed by atoms with van der Waals surface area (Å²) in [4.78, 5) is 11.0. The molecule has 1 aliphatic rings. The molecule has 0 fully saturated rings. The molecule has 2 aromatic carbocycles. The van der Waals surface area contributed by atoms with E-state index < -0.39 is 0 Å². The third-order valence-corrected chi connectivity index (χ3v) is 3.08. The fourth-order valence-corrected chi connectivity index (χ4v) is 2.50. The van der Waals surface area contributed by atoms with Gasteiger partial charge in [-0.15, -0.1) is 0 Å². The molecule has 1 unspecified atom stereocenters. The second-order valence-electron chi connectivity index (χ2n) is 4.16. The number of carbonyl (C=O) groups is 1. The summed E-state index contributed by atoms with van der Waals surface area (Å²) in [6, 6.07) is 12.4. The predicted octanol–water partition coefficient (Wildman–Crippen LogP) is 5.05. The van der Waals surface area contributed by atoms with Crippen LogP contribution in [0.4, 0.5) is 0 Å². The summed E-state index contributed by atoms with van der Waals surface area (Å²) in [7, 11) is 0. The predicted molar refractivity (Wildman–Crippen MR) is 84.9 cm³/mol. The van der Waals surface area contributed by atoms with Crippen molar-refractivity contribution >= 4 is 16.7 Å². The van der Waals surface area contributed by atoms with Gasteiger partial charge in [0.1, 0.15) is 6.10 Å². The van der Waals surface area contributed by atoms with Crippen LogP contribution in [0.25, 0.3) is 10.8 Å². The maximum atomic E-state index is 11.0. The molecule has 0 saturated carbocycles. The molecule has 0 aliphatic heterocycles. The van der Waals surface area contributed by atoms with Crippen LogP contribution in [-0.4, -0.2) is 5.97 Å². The quantitative estimate of drug-likeness (QED) is 0.679. The van der Waals surface area contributed by atoms with Crippen LogP contribution in [0.5, 0.6) is 0 Å². The Morgan fingerprint density at radius 2 is 1.65 bits per heavy atom. The van der Waals surface area contributed by atoms with Crippen molar-refractivity contribution in [2.24, 2.45) is 0 Å². The van der Waals surface area contributed by atoms with E-state index in [1.54, 1.807) is 0 Å². The summed E-state index contributed by atoms with van der Waals surface area (Å²) in [5, 5.41) is 2.49. The molecular formula is C18H24O2. The summed E-state index contributed by atoms with van der Waals surface area (Å²) in [6.07, 6.45) is 0.703. The van der Waals surface area contributed by atoms with E-state index in [0.717, 1.165) is 12.0 Å². The molecule has 0 spiro atoms. The fraction of sp³-hybridized carbons (Fsp3) is 0.389. The van der Waals surface area contributed by atoms with Crippen LogP contribution in [0.2, 0.25) is 0 Å². The Kier molecular flexibility index (Phi) is 6.23. The van der Waals surface area contributed by atoms with Crippen LogP contribution >= 0.6 is 0 Å². The monoisotopic (exact) mass is 272 g/mol. The SMILES string of the molecule is CC.CC.CC(=O)OC1Cc2cccc3cccc1c23. The number of hydrogen-bond acceptors (Lipinski definition) is 2. The van der Waals surface area contributed by atoms with Crippen molar-refractivity contribution in [1.29, 1.82) is 0 Å². The van der Waals surface area contributed by atoms with Crippen LogP contribution in [0, 0.1) is 0 Å². The van der Waals surface area contributed by atoms with Gasteiger partial charge in [0.2, 0.25) is 0 Å². The zero-order valence-corrected chi connectivity index (χ0v) is 13.1. The number of rotatable bonds is 1. The Morgan fingerprint density at radius 1 is 1.05 bits per heavy atom. The first kappa shape index (κ1) is 16.2. The molecule has 2 heteroatoms. The number of carbonyl (C=O) groups excluding carboxylic acids is 1. The lowest BCUT2D eigenvalue weighted by Gasteiger charge is -2.11. The van der Waals surface area contributed by atoms with Gasteiger partial charge in [-0.3, -0.25) is 4.79 Å². The molecule has 2 aromatic rings. The van der Waals surface area contributed by atoms with Gasteiger partial charge in [-0.2, -0.15) is 0 Å². The molecule has 1 atom stereocenters. The molecular weight excluding hydrogens is 248 g/mol. The summed E-state index contributed by atoms with van der Waals surface area (Å²) in [6.45, 7) is 9.46. The van der Waals surface area contributed by atoms with Crippen LogP contribution in [-0.2, 0) is 16.0 Å². The van der Waals surface area contributed by atoms with Gasteiger partial charge in [0, 0.05) is 18.9 Å². The highest BCUT2D eigenvalue weighted by Gasteiger charge is 2.25. The minimum Gasteiger partial charge on any atom is -0.457 e. The molecule has 0 amide bonds. The van der Waals surface area contributed by atoms with E-state index in [4.69, 9.17) is 4.74 Å². The van der Waals surface area contributed by atoms with Gasteiger partial charge in [0.25, 0.3) is 0 Å². The minimum absolute atomic E-state index is 0.0985. The lowest BCUT2D eigenvalue weighted by Crippen LogP contribution is -2.06. The summed E-state index contributed by atoms with van der Waals surface area (Å²) >= 11 is 0. The summed E-state index contributed by atoms with van der Waals surface area (Å²) in [5.74, 6) is -0.213. The first-order chi connectivity index (χ1) is 9.75. The van der Waals surface area contributed by atoms with Gasteiger partial charge in [0.15, 0.2) is 0 Å². The van der Waals surface area contributed by atoms with Gasteiger partial charge < -0.3 is 4.74 Å². The second-order valence-corrected chi connectivity index (χ2v) is 4.16. The molecule has 3 rings (SSSR count). The van der Waals surface area contributed by atoms with Gasteiger partial charge in [-0.25, -0.2) is 0 Å². The van der Waals surface area contributed by atoms with E-state index in [1.165, 1.54) is 23.3 Å². The Morgan fingerprint density at radius 3 is 2.25 bits per heavy atom. The second kappa shape index (κ2) is 7.68. The standard InChI is InChI=1S/C14H12O2.2C2H6/c1-9(15)16-13-8-11-6-2-4-10-5-3-7-12(13)14(10)11;2*1-2/h2-7,13H,8H2,1H3;2*1-2H3. The summed E-state index contributed by atoms with van der Waals surface area (Å²) in [5.41, 5.74) is 2.42. The zero-order chi connectivity index (χ0) is 15.1. The first-order valence-electron chi connectivity index (χ1n) is 7.43. The maximum absolute atomic E-state index is 11.0. The van der Waals surface area contributed by atoms with Crippen LogP contribution in [0.1, 0.15) is 51.8 Å². The largest absolute Gasteiger partial charge is 0.457 e. The van der Waals surface area contributed by atoms with Crippen molar-refractivity contribution in [2.45, 2.75) is 47.1 Å². The van der Waals surface area contributed by atoms with E-state index >= 15 is 0 Å². The molecule has 20 heavy (non-hydrogen) atoms. The van der Waals surface area contributed by atoms with Crippen molar-refractivity contribution in [1.82, 2.24) is 0 Å². The van der Waals surface area contributed by atoms with Crippen LogP contribution in [0.3, 0.4) is 0 Å². The molecule has 0 N–H and O–H groups in total. The fourth-order valence-electron chi connectivity index (χ4n) is 2.50. The van der Waals surface area contributed by atoms with Crippen LogP contribution < -0.4 is 0 Å². The molecule has 0 saturated heterocycles. The first-order valence-corrected chi connectivity index (χ1v) is 7.43. The van der Waals surface area contributed by atoms with Gasteiger partial charge in [-0.1, -0.05) is 64.1 Å². The van der Waals surface area contributed by atoms with E-state index in [9.17, 15) is 4.79 Å². The number of benzene rings is 2. The van der Waals surface area contributed by atoms with E-state index in [2.05, 4.69) is 24.3 Å². The smallest absolute Gasteiger partial charge is 0.303 e. The highest BCUT2D eigenvalue weighted by Crippen LogP contribution is 2.38. The van der Waals surface area contributed by atoms with Crippen molar-refractivity contribution in [3.8, 4) is 0 Å². The Bertz CT molecular complexity index is 567. The molecule has 2 nitrogen and oxygen atoms in total. The Balaban J connectivity index is 0.000000461. The lowest BCUT2D eigenvalue weighted by atomic mass is 10.1. The van der Waals surface area contributed by atoms with Crippen molar-refractivity contribution in [2.75, 3.05) is 0 Å². The highest BCUT2D eigenvalue weighted by atomic mass is 16.5. The van der Waals surface area contributed by atoms with E-state index in [0.29, 0.717) is 0 Å². The Labute approximate surface area is 121 Å². The van der Waals surface area contributed by atoms with Crippen LogP contribution in [0.15, 0.2) is 36.4 Å². The number of hydrogen-bond donors (Lipinski definition) is 0. The molecule has 0 bridgehead atoms. The van der Waals surface area contributed by atoms with Crippen molar-refractivity contribution in [3.05, 3.63) is 47.5 Å². The average molecular weight is 272 g/mol. The maximum Gasteiger partial charge on any atom is 0.303 e. The minimum atomic E-state index is -0.213. The average Bonchev–Trinajstić information content (AvgIpc) is 2.83. The number of ether oxygens (including phenoxy) is 1. The normalized spacial score (nSPS) is 14.8. The lowest BCUT2D eigenvalue weighted by molar-refractivity contribution is -0.146. The van der Waals surface area contributed by atoms with E-state index in [1.807, 2.05) is 39.8 Å². The topological polar surface area (TPSA) is 26.3 Å². The molecule has 0 heterocycles. The molecule has 0 aromatic heterocycles. The van der Waals surface area contributed by atoms with Gasteiger partial charge in [0.05, 0.1) is 0 Å². The molecule has 0 radical (unpaired) electrons. The highest BCUT2D eigenvalue weighted by molar-refractivity contribution is 5.91. The Hall–Kier alpha value is -1.83. The van der Waals surface area contributed by atoms with Crippen molar-refractivity contribution < 1.29 is 9.53 Å². The zero-order valence-electron chi connectivity index (χ0n) is 13.1. The summed E-state index contributed by atoms with van der Waals surface area (Å²) < 4.78 is 5.34. The van der Waals surface area contributed by atoms with Gasteiger partial charge >= 0.3 is 5.97 Å². The van der Waals surface area contributed by atoms with E-state index in [-0.39, 0.29) is 12.1 Å².